The van der Waals surface area contributed by atoms with Gasteiger partial charge in [-0.2, -0.15) is 5.10 Å². The summed E-state index contributed by atoms with van der Waals surface area (Å²) in [4.78, 5) is 26.5. The van der Waals surface area contributed by atoms with Gasteiger partial charge in [-0.3, -0.25) is 9.48 Å². The van der Waals surface area contributed by atoms with Crippen LogP contribution in [0.5, 0.6) is 0 Å². The zero-order valence-corrected chi connectivity index (χ0v) is 10.7. The monoisotopic (exact) mass is 264 g/mol. The molecule has 1 unspecified atom stereocenters. The van der Waals surface area contributed by atoms with Crippen LogP contribution in [0, 0.1) is 0 Å². The molecule has 19 heavy (non-hydrogen) atoms. The molecule has 0 spiro atoms. The second-order valence-corrected chi connectivity index (χ2v) is 5.09. The van der Waals surface area contributed by atoms with Gasteiger partial charge in [-0.25, -0.2) is 4.79 Å². The highest BCUT2D eigenvalue weighted by molar-refractivity contribution is 5.97. The second kappa shape index (κ2) is 4.25. The van der Waals surface area contributed by atoms with Gasteiger partial charge in [-0.15, -0.1) is 0 Å². The molecule has 0 aliphatic carbocycles. The van der Waals surface area contributed by atoms with Crippen molar-refractivity contribution in [2.24, 2.45) is 7.05 Å². The molecule has 7 nitrogen and oxygen atoms in total. The Morgan fingerprint density at radius 1 is 1.53 bits per heavy atom. The molecule has 1 atom stereocenters. The Balaban J connectivity index is 1.78. The van der Waals surface area contributed by atoms with Crippen molar-refractivity contribution in [3.05, 3.63) is 17.5 Å². The van der Waals surface area contributed by atoms with Gasteiger partial charge in [0.15, 0.2) is 0 Å². The Kier molecular flexibility index (Phi) is 2.69. The van der Waals surface area contributed by atoms with Crippen molar-refractivity contribution >= 4 is 12.0 Å². The molecule has 2 aliphatic heterocycles. The van der Waals surface area contributed by atoms with E-state index >= 15 is 0 Å². The number of amides is 2. The summed E-state index contributed by atoms with van der Waals surface area (Å²) in [5.74, 6) is -0.0275. The average molecular weight is 264 g/mol. The van der Waals surface area contributed by atoms with Crippen molar-refractivity contribution in [1.29, 1.82) is 0 Å². The number of piperidine rings is 1. The van der Waals surface area contributed by atoms with Crippen LogP contribution in [0.25, 0.3) is 0 Å². The number of likely N-dealkylation sites (tertiary alicyclic amines) is 1. The third-order valence-electron chi connectivity index (χ3n) is 3.98. The summed E-state index contributed by atoms with van der Waals surface area (Å²) in [5.41, 5.74) is 1.56. The fourth-order valence-corrected chi connectivity index (χ4v) is 2.89. The van der Waals surface area contributed by atoms with Gasteiger partial charge in [-0.05, 0) is 12.8 Å². The van der Waals surface area contributed by atoms with Crippen LogP contribution in [-0.2, 0) is 13.6 Å². The highest BCUT2D eigenvalue weighted by Crippen LogP contribution is 2.27. The van der Waals surface area contributed by atoms with E-state index in [2.05, 4.69) is 5.10 Å². The number of nitrogens with zero attached hydrogens (tertiary/aromatic N) is 4. The zero-order chi connectivity index (χ0) is 13.6. The number of aryl methyl sites for hydroxylation is 1. The Morgan fingerprint density at radius 3 is 3.00 bits per heavy atom. The molecule has 1 saturated heterocycles. The minimum Gasteiger partial charge on any atom is -0.465 e. The SMILES string of the molecule is Cn1ncc2c1CN(C1CCCN(C(=O)O)C1)C2=O. The van der Waals surface area contributed by atoms with Gasteiger partial charge < -0.3 is 14.9 Å². The van der Waals surface area contributed by atoms with Crippen LogP contribution >= 0.6 is 0 Å². The van der Waals surface area contributed by atoms with Gasteiger partial charge in [0.1, 0.15) is 0 Å². The molecule has 1 aromatic rings. The van der Waals surface area contributed by atoms with Crippen molar-refractivity contribution in [1.82, 2.24) is 19.6 Å². The van der Waals surface area contributed by atoms with E-state index in [1.165, 1.54) is 4.90 Å². The third-order valence-corrected chi connectivity index (χ3v) is 3.98. The first kappa shape index (κ1) is 12.0. The topological polar surface area (TPSA) is 78.7 Å². The Bertz CT molecular complexity index is 539. The maximum atomic E-state index is 12.3. The summed E-state index contributed by atoms with van der Waals surface area (Å²) in [6.45, 7) is 1.49. The zero-order valence-electron chi connectivity index (χ0n) is 10.7. The van der Waals surface area contributed by atoms with Gasteiger partial charge in [0.2, 0.25) is 0 Å². The molecule has 2 aliphatic rings. The van der Waals surface area contributed by atoms with E-state index in [1.54, 1.807) is 15.8 Å². The van der Waals surface area contributed by atoms with Crippen molar-refractivity contribution in [3.63, 3.8) is 0 Å². The number of hydrogen-bond donors (Lipinski definition) is 1. The average Bonchev–Trinajstić information content (AvgIpc) is 2.92. The highest BCUT2D eigenvalue weighted by atomic mass is 16.4. The summed E-state index contributed by atoms with van der Waals surface area (Å²) in [6, 6.07) is -0.0234. The lowest BCUT2D eigenvalue weighted by Crippen LogP contribution is -2.49. The molecular weight excluding hydrogens is 248 g/mol. The Morgan fingerprint density at radius 2 is 2.32 bits per heavy atom. The first-order chi connectivity index (χ1) is 9.08. The van der Waals surface area contributed by atoms with E-state index in [4.69, 9.17) is 5.11 Å². The Hall–Kier alpha value is -2.05. The molecule has 0 aromatic carbocycles. The van der Waals surface area contributed by atoms with E-state index in [0.717, 1.165) is 18.5 Å². The summed E-state index contributed by atoms with van der Waals surface area (Å²) in [7, 11) is 1.82. The van der Waals surface area contributed by atoms with Crippen molar-refractivity contribution in [2.45, 2.75) is 25.4 Å². The van der Waals surface area contributed by atoms with Crippen molar-refractivity contribution < 1.29 is 14.7 Å². The molecular formula is C12H16N4O3. The molecule has 0 saturated carbocycles. The lowest BCUT2D eigenvalue weighted by molar-refractivity contribution is 0.0554. The van der Waals surface area contributed by atoms with Crippen LogP contribution in [0.1, 0.15) is 28.9 Å². The van der Waals surface area contributed by atoms with Crippen LogP contribution in [0.4, 0.5) is 4.79 Å². The lowest BCUT2D eigenvalue weighted by atomic mass is 10.0. The first-order valence-electron chi connectivity index (χ1n) is 6.37. The van der Waals surface area contributed by atoms with Crippen LogP contribution in [0.2, 0.25) is 0 Å². The molecule has 3 heterocycles. The molecule has 0 radical (unpaired) electrons. The molecule has 7 heteroatoms. The minimum absolute atomic E-state index is 0.0234. The van der Waals surface area contributed by atoms with E-state index < -0.39 is 6.09 Å². The standard InChI is InChI=1S/C12H16N4O3/c1-14-10-7-16(11(17)9(10)5-13-14)8-3-2-4-15(6-8)12(18)19/h5,8H,2-4,6-7H2,1H3,(H,18,19). The summed E-state index contributed by atoms with van der Waals surface area (Å²) in [5, 5.41) is 13.1. The van der Waals surface area contributed by atoms with E-state index in [9.17, 15) is 9.59 Å². The summed E-state index contributed by atoms with van der Waals surface area (Å²) >= 11 is 0. The van der Waals surface area contributed by atoms with Gasteiger partial charge in [0.25, 0.3) is 5.91 Å². The maximum absolute atomic E-state index is 12.3. The third kappa shape index (κ3) is 1.85. The van der Waals surface area contributed by atoms with Gasteiger partial charge >= 0.3 is 6.09 Å². The first-order valence-corrected chi connectivity index (χ1v) is 6.37. The lowest BCUT2D eigenvalue weighted by Gasteiger charge is -2.36. The largest absolute Gasteiger partial charge is 0.465 e. The minimum atomic E-state index is -0.907. The van der Waals surface area contributed by atoms with E-state index in [0.29, 0.717) is 25.2 Å². The number of carbonyl (C=O) groups is 2. The number of carboxylic acid groups (broad SMARTS) is 1. The van der Waals surface area contributed by atoms with Crippen LogP contribution in [0.3, 0.4) is 0 Å². The summed E-state index contributed by atoms with van der Waals surface area (Å²) in [6.07, 6.45) is 2.34. The predicted octanol–water partition coefficient (Wildman–Crippen LogP) is 0.518. The Labute approximate surface area is 110 Å². The molecule has 1 N–H and O–H groups in total. The van der Waals surface area contributed by atoms with Gasteiger partial charge in [-0.1, -0.05) is 0 Å². The summed E-state index contributed by atoms with van der Waals surface area (Å²) < 4.78 is 1.71. The van der Waals surface area contributed by atoms with Crippen molar-refractivity contribution in [3.8, 4) is 0 Å². The fourth-order valence-electron chi connectivity index (χ4n) is 2.89. The van der Waals surface area contributed by atoms with E-state index in [1.807, 2.05) is 7.05 Å². The molecule has 1 aromatic heterocycles. The molecule has 2 amide bonds. The van der Waals surface area contributed by atoms with E-state index in [-0.39, 0.29) is 11.9 Å². The molecule has 0 bridgehead atoms. The van der Waals surface area contributed by atoms with Gasteiger partial charge in [0.05, 0.1) is 30.0 Å². The number of fused-ring (bicyclic) bond motifs is 1. The predicted molar refractivity (Wildman–Crippen MR) is 65.7 cm³/mol. The van der Waals surface area contributed by atoms with Gasteiger partial charge in [0, 0.05) is 20.1 Å². The van der Waals surface area contributed by atoms with Crippen LogP contribution in [-0.4, -0.2) is 55.8 Å². The fraction of sp³-hybridized carbons (Fsp3) is 0.583. The number of aromatic nitrogens is 2. The molecule has 102 valence electrons. The second-order valence-electron chi connectivity index (χ2n) is 5.09. The van der Waals surface area contributed by atoms with Crippen LogP contribution < -0.4 is 0 Å². The number of rotatable bonds is 1. The molecule has 3 rings (SSSR count). The molecule has 1 fully saturated rings. The quantitative estimate of drug-likeness (QED) is 0.802. The highest BCUT2D eigenvalue weighted by Gasteiger charge is 2.37. The smallest absolute Gasteiger partial charge is 0.407 e. The number of carbonyl (C=O) groups excluding carboxylic acids is 1. The normalized spacial score (nSPS) is 22.8. The van der Waals surface area contributed by atoms with Crippen LogP contribution in [0.15, 0.2) is 6.20 Å². The maximum Gasteiger partial charge on any atom is 0.407 e. The van der Waals surface area contributed by atoms with Crippen molar-refractivity contribution in [2.75, 3.05) is 13.1 Å². The number of hydrogen-bond acceptors (Lipinski definition) is 3.